The smallest absolute Gasteiger partial charge is 0.233 e. The molecule has 0 saturated heterocycles. The number of pyridine rings is 1. The monoisotopic (exact) mass is 362 g/mol. The van der Waals surface area contributed by atoms with Crippen LogP contribution < -0.4 is 14.8 Å². The molecule has 5 heteroatoms. The first-order chi connectivity index (χ1) is 13.2. The predicted octanol–water partition coefficient (Wildman–Crippen LogP) is 3.55. The van der Waals surface area contributed by atoms with Crippen molar-refractivity contribution in [2.24, 2.45) is 0 Å². The van der Waals surface area contributed by atoms with Gasteiger partial charge in [-0.3, -0.25) is 9.78 Å². The Bertz CT molecular complexity index is 843. The van der Waals surface area contributed by atoms with Crippen molar-refractivity contribution in [3.63, 3.8) is 0 Å². The predicted molar refractivity (Wildman–Crippen MR) is 104 cm³/mol. The second-order valence-corrected chi connectivity index (χ2v) is 6.01. The molecule has 1 N–H and O–H groups in total. The quantitative estimate of drug-likeness (QED) is 0.698. The van der Waals surface area contributed by atoms with Gasteiger partial charge in [-0.1, -0.05) is 42.5 Å². The molecule has 138 valence electrons. The molecule has 0 bridgehead atoms. The average Bonchev–Trinajstić information content (AvgIpc) is 2.73. The largest absolute Gasteiger partial charge is 0.493 e. The molecule has 0 aliphatic carbocycles. The van der Waals surface area contributed by atoms with Gasteiger partial charge >= 0.3 is 0 Å². The summed E-state index contributed by atoms with van der Waals surface area (Å²) in [6.07, 6.45) is 1.70. The molecule has 1 unspecified atom stereocenters. The number of ether oxygens (including phenoxy) is 2. The minimum atomic E-state index is -0.465. The number of nitrogens with zero attached hydrogens (tertiary/aromatic N) is 1. The summed E-state index contributed by atoms with van der Waals surface area (Å²) in [4.78, 5) is 17.4. The summed E-state index contributed by atoms with van der Waals surface area (Å²) in [6, 6.07) is 20.8. The fraction of sp³-hybridized carbons (Fsp3) is 0.182. The summed E-state index contributed by atoms with van der Waals surface area (Å²) >= 11 is 0. The van der Waals surface area contributed by atoms with E-state index in [9.17, 15) is 4.79 Å². The van der Waals surface area contributed by atoms with Crippen molar-refractivity contribution in [1.29, 1.82) is 0 Å². The van der Waals surface area contributed by atoms with Crippen LogP contribution in [0.2, 0.25) is 0 Å². The van der Waals surface area contributed by atoms with E-state index in [1.165, 1.54) is 0 Å². The molecule has 1 heterocycles. The molecule has 3 aromatic rings. The summed E-state index contributed by atoms with van der Waals surface area (Å²) in [5, 5.41) is 3.01. The van der Waals surface area contributed by atoms with Crippen LogP contribution in [-0.2, 0) is 11.3 Å². The molecule has 1 aromatic heterocycles. The Labute approximate surface area is 159 Å². The fourth-order valence-corrected chi connectivity index (χ4v) is 2.93. The Kier molecular flexibility index (Phi) is 6.05. The van der Waals surface area contributed by atoms with E-state index in [0.29, 0.717) is 23.7 Å². The molecule has 2 aromatic carbocycles. The Morgan fingerprint density at radius 3 is 2.37 bits per heavy atom. The van der Waals surface area contributed by atoms with Gasteiger partial charge in [0.1, 0.15) is 5.92 Å². The highest BCUT2D eigenvalue weighted by molar-refractivity contribution is 5.86. The molecular formula is C22H22N2O3. The van der Waals surface area contributed by atoms with Crippen molar-refractivity contribution in [3.05, 3.63) is 89.7 Å². The van der Waals surface area contributed by atoms with Crippen molar-refractivity contribution in [1.82, 2.24) is 10.3 Å². The number of methoxy groups -OCH3 is 2. The zero-order valence-corrected chi connectivity index (χ0v) is 15.4. The number of hydrogen-bond donors (Lipinski definition) is 1. The summed E-state index contributed by atoms with van der Waals surface area (Å²) < 4.78 is 10.6. The van der Waals surface area contributed by atoms with Crippen LogP contribution in [0.1, 0.15) is 22.7 Å². The van der Waals surface area contributed by atoms with Gasteiger partial charge in [-0.05, 0) is 35.4 Å². The van der Waals surface area contributed by atoms with Crippen LogP contribution in [0.4, 0.5) is 0 Å². The van der Waals surface area contributed by atoms with Gasteiger partial charge in [0.2, 0.25) is 5.91 Å². The van der Waals surface area contributed by atoms with Crippen LogP contribution >= 0.6 is 0 Å². The van der Waals surface area contributed by atoms with Crippen molar-refractivity contribution in [3.8, 4) is 11.5 Å². The maximum absolute atomic E-state index is 13.0. The first-order valence-electron chi connectivity index (χ1n) is 8.67. The highest BCUT2D eigenvalue weighted by Gasteiger charge is 2.23. The number of aromatic nitrogens is 1. The van der Waals surface area contributed by atoms with Crippen LogP contribution in [0.5, 0.6) is 11.5 Å². The summed E-state index contributed by atoms with van der Waals surface area (Å²) in [5.41, 5.74) is 2.54. The third-order valence-corrected chi connectivity index (χ3v) is 4.29. The summed E-state index contributed by atoms with van der Waals surface area (Å²) in [5.74, 6) is 0.721. The lowest BCUT2D eigenvalue weighted by Crippen LogP contribution is -2.30. The number of nitrogens with one attached hydrogen (secondary N) is 1. The first kappa shape index (κ1) is 18.5. The van der Waals surface area contributed by atoms with Crippen molar-refractivity contribution < 1.29 is 14.3 Å². The van der Waals surface area contributed by atoms with Gasteiger partial charge in [0, 0.05) is 12.7 Å². The summed E-state index contributed by atoms with van der Waals surface area (Å²) in [6.45, 7) is 0.384. The van der Waals surface area contributed by atoms with Crippen LogP contribution in [0, 0.1) is 0 Å². The van der Waals surface area contributed by atoms with Crippen LogP contribution in [-0.4, -0.2) is 25.1 Å². The lowest BCUT2D eigenvalue weighted by molar-refractivity contribution is -0.121. The molecule has 0 radical (unpaired) electrons. The molecule has 1 atom stereocenters. The lowest BCUT2D eigenvalue weighted by Gasteiger charge is -2.17. The number of benzene rings is 2. The fourth-order valence-electron chi connectivity index (χ4n) is 2.93. The highest BCUT2D eigenvalue weighted by Crippen LogP contribution is 2.28. The molecule has 0 aliphatic heterocycles. The number of hydrogen-bond acceptors (Lipinski definition) is 4. The maximum atomic E-state index is 13.0. The zero-order valence-electron chi connectivity index (χ0n) is 15.4. The zero-order chi connectivity index (χ0) is 19.1. The van der Waals surface area contributed by atoms with E-state index in [1.54, 1.807) is 20.4 Å². The van der Waals surface area contributed by atoms with Crippen molar-refractivity contribution in [2.45, 2.75) is 12.5 Å². The number of amides is 1. The minimum Gasteiger partial charge on any atom is -0.493 e. The first-order valence-corrected chi connectivity index (χ1v) is 8.67. The molecule has 0 aliphatic rings. The van der Waals surface area contributed by atoms with Gasteiger partial charge in [-0.25, -0.2) is 0 Å². The number of rotatable bonds is 7. The Hall–Kier alpha value is -3.34. The molecular weight excluding hydrogens is 340 g/mol. The van der Waals surface area contributed by atoms with E-state index in [4.69, 9.17) is 9.47 Å². The van der Waals surface area contributed by atoms with Gasteiger partial charge in [0.25, 0.3) is 0 Å². The lowest BCUT2D eigenvalue weighted by atomic mass is 9.94. The molecule has 3 rings (SSSR count). The van der Waals surface area contributed by atoms with Gasteiger partial charge in [-0.2, -0.15) is 0 Å². The maximum Gasteiger partial charge on any atom is 0.233 e. The second kappa shape index (κ2) is 8.85. The summed E-state index contributed by atoms with van der Waals surface area (Å²) in [7, 11) is 3.18. The molecule has 0 saturated carbocycles. The molecule has 0 fully saturated rings. The third kappa shape index (κ3) is 4.44. The highest BCUT2D eigenvalue weighted by atomic mass is 16.5. The van der Waals surface area contributed by atoms with Gasteiger partial charge in [0.05, 0.1) is 19.9 Å². The van der Waals surface area contributed by atoms with Crippen LogP contribution in [0.25, 0.3) is 0 Å². The third-order valence-electron chi connectivity index (χ3n) is 4.29. The van der Waals surface area contributed by atoms with Gasteiger partial charge in [-0.15, -0.1) is 0 Å². The average molecular weight is 362 g/mol. The van der Waals surface area contributed by atoms with Crippen molar-refractivity contribution in [2.75, 3.05) is 14.2 Å². The van der Waals surface area contributed by atoms with Crippen LogP contribution in [0.3, 0.4) is 0 Å². The van der Waals surface area contributed by atoms with E-state index in [2.05, 4.69) is 10.3 Å². The van der Waals surface area contributed by atoms with E-state index >= 15 is 0 Å². The Morgan fingerprint density at radius 2 is 1.70 bits per heavy atom. The van der Waals surface area contributed by atoms with E-state index in [1.807, 2.05) is 66.7 Å². The van der Waals surface area contributed by atoms with Crippen LogP contribution in [0.15, 0.2) is 72.9 Å². The Morgan fingerprint density at radius 1 is 0.963 bits per heavy atom. The molecule has 1 amide bonds. The second-order valence-electron chi connectivity index (χ2n) is 6.01. The van der Waals surface area contributed by atoms with Gasteiger partial charge in [0.15, 0.2) is 11.5 Å². The number of carbonyl (C=O) groups excluding carboxylic acids is 1. The normalized spacial score (nSPS) is 11.5. The molecule has 27 heavy (non-hydrogen) atoms. The molecule has 0 spiro atoms. The molecule has 5 nitrogen and oxygen atoms in total. The SMILES string of the molecule is COc1ccc(CNC(=O)C(c2ccccc2)c2ccccn2)cc1OC. The number of carbonyl (C=O) groups is 1. The van der Waals surface area contributed by atoms with Crippen molar-refractivity contribution >= 4 is 5.91 Å². The van der Waals surface area contributed by atoms with E-state index in [-0.39, 0.29) is 5.91 Å². The van der Waals surface area contributed by atoms with E-state index < -0.39 is 5.92 Å². The topological polar surface area (TPSA) is 60.5 Å². The standard InChI is InChI=1S/C22H22N2O3/c1-26-19-12-11-16(14-20(19)27-2)15-24-22(25)21(17-8-4-3-5-9-17)18-10-6-7-13-23-18/h3-14,21H,15H2,1-2H3,(H,24,25). The Balaban J connectivity index is 1.79. The van der Waals surface area contributed by atoms with E-state index in [0.717, 1.165) is 11.1 Å². The minimum absolute atomic E-state index is 0.102. The van der Waals surface area contributed by atoms with Gasteiger partial charge < -0.3 is 14.8 Å².